The maximum absolute atomic E-state index is 15.1. The largest absolute Gasteiger partial charge is 0.489 e. The van der Waals surface area contributed by atoms with E-state index in [0.717, 1.165) is 67.4 Å². The Hall–Kier alpha value is -3.45. The molecule has 3 aliphatic rings. The highest BCUT2D eigenvalue weighted by Gasteiger charge is 2.62. The van der Waals surface area contributed by atoms with Gasteiger partial charge in [-0.2, -0.15) is 0 Å². The van der Waals surface area contributed by atoms with E-state index in [2.05, 4.69) is 23.2 Å². The lowest BCUT2D eigenvalue weighted by Gasteiger charge is -2.32. The third-order valence-corrected chi connectivity index (χ3v) is 9.48. The zero-order valence-corrected chi connectivity index (χ0v) is 24.1. The van der Waals surface area contributed by atoms with Crippen LogP contribution in [0.3, 0.4) is 0 Å². The standard InChI is InChI=1S/C34H38FNO5/c1-4-40-32(37)29-18-34(29)14-11-23-8-9-24(16-27(23)34)41-20-22-7-10-25(26-17-31(39-3)36-19-30(26)35)28(15-22)33(21-38-2)12-5-6-13-33/h7-10,15-17,19,29H,4-6,11-14,18,20-21H2,1-3H3. The first-order valence-electron chi connectivity index (χ1n) is 14.7. The highest BCUT2D eigenvalue weighted by molar-refractivity contribution is 5.80. The average molecular weight is 560 g/mol. The summed E-state index contributed by atoms with van der Waals surface area (Å²) < 4.78 is 37.9. The van der Waals surface area contributed by atoms with Gasteiger partial charge in [0.2, 0.25) is 5.88 Å². The van der Waals surface area contributed by atoms with Crippen molar-refractivity contribution in [3.63, 3.8) is 0 Å². The van der Waals surface area contributed by atoms with E-state index in [0.29, 0.717) is 31.3 Å². The molecule has 0 radical (unpaired) electrons. The predicted octanol–water partition coefficient (Wildman–Crippen LogP) is 6.70. The van der Waals surface area contributed by atoms with Crippen LogP contribution in [0.5, 0.6) is 11.6 Å². The third kappa shape index (κ3) is 4.99. The molecule has 0 amide bonds. The molecule has 7 heteroatoms. The summed E-state index contributed by atoms with van der Waals surface area (Å²) in [6.45, 7) is 3.22. The first-order chi connectivity index (χ1) is 19.9. The molecule has 2 atom stereocenters. The zero-order chi connectivity index (χ0) is 28.6. The smallest absolute Gasteiger partial charge is 0.309 e. The van der Waals surface area contributed by atoms with Crippen LogP contribution in [-0.4, -0.2) is 38.4 Å². The molecule has 0 aliphatic heterocycles. The Morgan fingerprint density at radius 3 is 2.61 bits per heavy atom. The molecule has 41 heavy (non-hydrogen) atoms. The molecule has 1 heterocycles. The van der Waals surface area contributed by atoms with Crippen LogP contribution < -0.4 is 9.47 Å². The summed E-state index contributed by atoms with van der Waals surface area (Å²) in [5, 5.41) is 0. The van der Waals surface area contributed by atoms with E-state index in [1.807, 2.05) is 25.1 Å². The Morgan fingerprint density at radius 1 is 1.02 bits per heavy atom. The quantitative estimate of drug-likeness (QED) is 0.258. The molecule has 2 unspecified atom stereocenters. The van der Waals surface area contributed by atoms with E-state index in [-0.39, 0.29) is 28.5 Å². The third-order valence-electron chi connectivity index (χ3n) is 9.48. The summed E-state index contributed by atoms with van der Waals surface area (Å²) in [6, 6.07) is 14.1. The van der Waals surface area contributed by atoms with Gasteiger partial charge in [-0.15, -0.1) is 0 Å². The lowest BCUT2D eigenvalue weighted by molar-refractivity contribution is -0.145. The number of carbonyl (C=O) groups is 1. The van der Waals surface area contributed by atoms with Crippen molar-refractivity contribution < 1.29 is 28.1 Å². The van der Waals surface area contributed by atoms with Crippen molar-refractivity contribution in [1.29, 1.82) is 0 Å². The lowest BCUT2D eigenvalue weighted by Crippen LogP contribution is -2.29. The van der Waals surface area contributed by atoms with E-state index in [9.17, 15) is 4.79 Å². The second-order valence-corrected chi connectivity index (χ2v) is 11.8. The van der Waals surface area contributed by atoms with Crippen LogP contribution in [0.2, 0.25) is 0 Å². The number of esters is 1. The van der Waals surface area contributed by atoms with Gasteiger partial charge in [0.1, 0.15) is 18.2 Å². The summed E-state index contributed by atoms with van der Waals surface area (Å²) in [4.78, 5) is 16.5. The molecule has 6 rings (SSSR count). The van der Waals surface area contributed by atoms with Crippen LogP contribution >= 0.6 is 0 Å². The molecule has 2 aromatic carbocycles. The molecule has 3 aliphatic carbocycles. The number of aromatic nitrogens is 1. The average Bonchev–Trinajstić information content (AvgIpc) is 3.34. The maximum atomic E-state index is 15.1. The number of rotatable bonds is 10. The molecule has 3 aromatic rings. The number of benzene rings is 2. The Morgan fingerprint density at radius 2 is 1.85 bits per heavy atom. The summed E-state index contributed by atoms with van der Waals surface area (Å²) in [7, 11) is 3.27. The molecule has 1 aromatic heterocycles. The van der Waals surface area contributed by atoms with E-state index >= 15 is 4.39 Å². The molecule has 2 fully saturated rings. The number of carbonyl (C=O) groups excluding carboxylic acids is 1. The Bertz CT molecular complexity index is 1450. The molecule has 1 spiro atoms. The Balaban J connectivity index is 1.29. The number of halogens is 1. The van der Waals surface area contributed by atoms with Crippen LogP contribution in [-0.2, 0) is 38.1 Å². The van der Waals surface area contributed by atoms with Crippen molar-refractivity contribution in [3.8, 4) is 22.8 Å². The van der Waals surface area contributed by atoms with Crippen molar-refractivity contribution in [1.82, 2.24) is 4.98 Å². The SMILES string of the molecule is CCOC(=O)C1CC12CCc1ccc(OCc3ccc(-c4cc(OC)ncc4F)c(C4(COC)CCCC4)c3)cc12. The van der Waals surface area contributed by atoms with E-state index in [1.54, 1.807) is 13.2 Å². The maximum Gasteiger partial charge on any atom is 0.309 e. The Labute approximate surface area is 241 Å². The fourth-order valence-electron chi connectivity index (χ4n) is 7.33. The van der Waals surface area contributed by atoms with Crippen molar-refractivity contribution in [2.45, 2.75) is 69.3 Å². The van der Waals surface area contributed by atoms with E-state index in [1.165, 1.54) is 24.4 Å². The van der Waals surface area contributed by atoms with Gasteiger partial charge in [0.25, 0.3) is 0 Å². The van der Waals surface area contributed by atoms with Crippen LogP contribution in [0, 0.1) is 11.7 Å². The fraction of sp³-hybridized carbons (Fsp3) is 0.471. The molecular formula is C34H38FNO5. The van der Waals surface area contributed by atoms with Crippen molar-refractivity contribution in [3.05, 3.63) is 76.7 Å². The minimum Gasteiger partial charge on any atom is -0.489 e. The molecular weight excluding hydrogens is 521 g/mol. The monoisotopic (exact) mass is 559 g/mol. The van der Waals surface area contributed by atoms with Crippen molar-refractivity contribution in [2.75, 3.05) is 27.4 Å². The molecule has 2 saturated carbocycles. The van der Waals surface area contributed by atoms with Gasteiger partial charge in [0.05, 0.1) is 32.4 Å². The molecule has 6 nitrogen and oxygen atoms in total. The number of hydrogen-bond donors (Lipinski definition) is 0. The van der Waals surface area contributed by atoms with Gasteiger partial charge in [-0.3, -0.25) is 4.79 Å². The highest BCUT2D eigenvalue weighted by Crippen LogP contribution is 2.62. The summed E-state index contributed by atoms with van der Waals surface area (Å²) in [5.74, 6) is 0.656. The van der Waals surface area contributed by atoms with Crippen molar-refractivity contribution >= 4 is 5.97 Å². The number of fused-ring (bicyclic) bond motifs is 2. The number of aryl methyl sites for hydroxylation is 1. The van der Waals surface area contributed by atoms with Crippen LogP contribution in [0.4, 0.5) is 4.39 Å². The molecule has 0 bridgehead atoms. The second-order valence-electron chi connectivity index (χ2n) is 11.8. The van der Waals surface area contributed by atoms with Crippen LogP contribution in [0.25, 0.3) is 11.1 Å². The topological polar surface area (TPSA) is 66.9 Å². The molecule has 0 N–H and O–H groups in total. The van der Waals surface area contributed by atoms with Gasteiger partial charge in [0, 0.05) is 29.6 Å². The number of hydrogen-bond acceptors (Lipinski definition) is 6. The fourth-order valence-corrected chi connectivity index (χ4v) is 7.33. The molecule has 0 saturated heterocycles. The number of nitrogens with zero attached hydrogens (tertiary/aromatic N) is 1. The first-order valence-corrected chi connectivity index (χ1v) is 14.7. The predicted molar refractivity (Wildman–Crippen MR) is 154 cm³/mol. The van der Waals surface area contributed by atoms with E-state index in [4.69, 9.17) is 18.9 Å². The van der Waals surface area contributed by atoms with Gasteiger partial charge in [-0.1, -0.05) is 37.1 Å². The number of ether oxygens (including phenoxy) is 4. The van der Waals surface area contributed by atoms with Gasteiger partial charge in [-0.25, -0.2) is 9.37 Å². The summed E-state index contributed by atoms with van der Waals surface area (Å²) in [6.07, 6.45) is 8.22. The number of pyridine rings is 1. The zero-order valence-electron chi connectivity index (χ0n) is 24.1. The second kappa shape index (κ2) is 11.1. The normalized spacial score (nSPS) is 22.0. The van der Waals surface area contributed by atoms with Gasteiger partial charge < -0.3 is 18.9 Å². The van der Waals surface area contributed by atoms with Gasteiger partial charge in [-0.05, 0) is 79.0 Å². The van der Waals surface area contributed by atoms with Crippen LogP contribution in [0.15, 0.2) is 48.7 Å². The van der Waals surface area contributed by atoms with Gasteiger partial charge >= 0.3 is 5.97 Å². The first kappa shape index (κ1) is 27.7. The van der Waals surface area contributed by atoms with E-state index < -0.39 is 0 Å². The minimum atomic E-state index is -0.380. The molecule has 216 valence electrons. The minimum absolute atomic E-state index is 0.0513. The number of methoxy groups -OCH3 is 2. The van der Waals surface area contributed by atoms with Crippen LogP contribution in [0.1, 0.15) is 67.7 Å². The summed E-state index contributed by atoms with van der Waals surface area (Å²) >= 11 is 0. The lowest BCUT2D eigenvalue weighted by atomic mass is 9.75. The Kier molecular flexibility index (Phi) is 7.49. The highest BCUT2D eigenvalue weighted by atomic mass is 19.1. The van der Waals surface area contributed by atoms with Gasteiger partial charge in [0.15, 0.2) is 0 Å². The van der Waals surface area contributed by atoms with Crippen molar-refractivity contribution in [2.24, 2.45) is 5.92 Å². The summed E-state index contributed by atoms with van der Waals surface area (Å²) in [5.41, 5.74) is 5.64.